The van der Waals surface area contributed by atoms with E-state index in [-0.39, 0.29) is 5.56 Å². The molecule has 0 atom stereocenters. The molecule has 1 heterocycles. The minimum atomic E-state index is -2.85. The molecular weight excluding hydrogens is 218 g/mol. The molecule has 0 bridgehead atoms. The number of halogens is 2. The van der Waals surface area contributed by atoms with Crippen LogP contribution in [0, 0.1) is 0 Å². The third-order valence-electron chi connectivity index (χ3n) is 2.88. The Kier molecular flexibility index (Phi) is 3.07. The van der Waals surface area contributed by atoms with Gasteiger partial charge in [-0.25, -0.2) is 8.78 Å². The molecule has 2 rings (SSSR count). The summed E-state index contributed by atoms with van der Waals surface area (Å²) in [5.74, 6) is -2.85. The van der Waals surface area contributed by atoms with Gasteiger partial charge in [0, 0.05) is 28.8 Å². The Hall–Kier alpha value is -0.480. The van der Waals surface area contributed by atoms with Gasteiger partial charge in [0.25, 0.3) is 5.92 Å². The van der Waals surface area contributed by atoms with Gasteiger partial charge in [-0.3, -0.25) is 0 Å². The maximum Gasteiger partial charge on any atom is 0.276 e. The Morgan fingerprint density at radius 1 is 1.33 bits per heavy atom. The summed E-state index contributed by atoms with van der Waals surface area (Å²) in [6.45, 7) is -0.461. The second-order valence-corrected chi connectivity index (χ2v) is 4.90. The second kappa shape index (κ2) is 4.18. The lowest BCUT2D eigenvalue weighted by atomic mass is 9.93. The molecule has 1 aromatic heterocycles. The fourth-order valence-electron chi connectivity index (χ4n) is 2.08. The minimum absolute atomic E-state index is 0.163. The van der Waals surface area contributed by atoms with Crippen molar-refractivity contribution in [2.24, 2.45) is 0 Å². The normalized spacial score (nSPS) is 16.5. The fourth-order valence-corrected chi connectivity index (χ4v) is 3.27. The molecule has 0 amide bonds. The van der Waals surface area contributed by atoms with Crippen LogP contribution >= 0.6 is 11.3 Å². The number of fused-ring (bicyclic) bond motifs is 1. The summed E-state index contributed by atoms with van der Waals surface area (Å²) in [6, 6.07) is 0. The van der Waals surface area contributed by atoms with Crippen LogP contribution in [0.5, 0.6) is 0 Å². The van der Waals surface area contributed by atoms with Crippen molar-refractivity contribution < 1.29 is 13.9 Å². The second-order valence-electron chi connectivity index (χ2n) is 3.94. The minimum Gasteiger partial charge on any atom is -0.396 e. The van der Waals surface area contributed by atoms with Gasteiger partial charge in [0.2, 0.25) is 0 Å². The molecule has 0 unspecified atom stereocenters. The maximum atomic E-state index is 13.6. The van der Waals surface area contributed by atoms with E-state index in [1.54, 1.807) is 5.38 Å². The molecule has 0 spiro atoms. The molecule has 4 heteroatoms. The van der Waals surface area contributed by atoms with Gasteiger partial charge < -0.3 is 5.11 Å². The zero-order valence-electron chi connectivity index (χ0n) is 8.43. The van der Waals surface area contributed by atoms with Crippen molar-refractivity contribution in [2.75, 3.05) is 6.61 Å². The van der Waals surface area contributed by atoms with Crippen molar-refractivity contribution in [3.8, 4) is 0 Å². The van der Waals surface area contributed by atoms with Crippen molar-refractivity contribution in [1.82, 2.24) is 0 Å². The zero-order valence-corrected chi connectivity index (χ0v) is 9.25. The molecule has 0 saturated carbocycles. The summed E-state index contributed by atoms with van der Waals surface area (Å²) in [7, 11) is 0. The van der Waals surface area contributed by atoms with E-state index in [2.05, 4.69) is 0 Å². The number of rotatable bonds is 3. The lowest BCUT2D eigenvalue weighted by Gasteiger charge is -2.19. The van der Waals surface area contributed by atoms with Gasteiger partial charge in [-0.1, -0.05) is 0 Å². The molecule has 0 saturated heterocycles. The van der Waals surface area contributed by atoms with E-state index in [9.17, 15) is 8.78 Å². The maximum absolute atomic E-state index is 13.6. The zero-order chi connectivity index (χ0) is 10.9. The molecule has 0 fully saturated rings. The monoisotopic (exact) mass is 232 g/mol. The molecule has 0 aliphatic heterocycles. The number of aliphatic hydroxyl groups is 1. The van der Waals surface area contributed by atoms with Crippen LogP contribution in [0.1, 0.15) is 35.3 Å². The Morgan fingerprint density at radius 3 is 2.80 bits per heavy atom. The van der Waals surface area contributed by atoms with Gasteiger partial charge in [0.15, 0.2) is 0 Å². The quantitative estimate of drug-likeness (QED) is 0.849. The smallest absolute Gasteiger partial charge is 0.276 e. The summed E-state index contributed by atoms with van der Waals surface area (Å²) in [6.07, 6.45) is 3.37. The fraction of sp³-hybridized carbons (Fsp3) is 0.636. The van der Waals surface area contributed by atoms with Crippen LogP contribution in [0.15, 0.2) is 5.38 Å². The SMILES string of the molecule is OCCC(F)(F)c1csc2c1CCCC2. The lowest BCUT2D eigenvalue weighted by Crippen LogP contribution is -2.17. The molecule has 0 aromatic carbocycles. The summed E-state index contributed by atoms with van der Waals surface area (Å²) in [5, 5.41) is 10.2. The van der Waals surface area contributed by atoms with Crippen molar-refractivity contribution in [3.63, 3.8) is 0 Å². The van der Waals surface area contributed by atoms with Crippen LogP contribution in [-0.2, 0) is 18.8 Å². The van der Waals surface area contributed by atoms with Crippen molar-refractivity contribution >= 4 is 11.3 Å². The van der Waals surface area contributed by atoms with E-state index in [1.807, 2.05) is 0 Å². The molecule has 1 nitrogen and oxygen atoms in total. The summed E-state index contributed by atoms with van der Waals surface area (Å²) >= 11 is 1.44. The number of alkyl halides is 2. The molecule has 0 radical (unpaired) electrons. The van der Waals surface area contributed by atoms with Crippen LogP contribution in [0.25, 0.3) is 0 Å². The first-order valence-electron chi connectivity index (χ1n) is 5.23. The van der Waals surface area contributed by atoms with Crippen LogP contribution in [0.3, 0.4) is 0 Å². The third-order valence-corrected chi connectivity index (χ3v) is 3.97. The average Bonchev–Trinajstić information content (AvgIpc) is 2.61. The van der Waals surface area contributed by atoms with Crippen molar-refractivity contribution in [3.05, 3.63) is 21.4 Å². The highest BCUT2D eigenvalue weighted by atomic mass is 32.1. The molecule has 84 valence electrons. The predicted octanol–water partition coefficient (Wildman–Crippen LogP) is 3.10. The van der Waals surface area contributed by atoms with Gasteiger partial charge in [-0.05, 0) is 31.2 Å². The predicted molar refractivity (Wildman–Crippen MR) is 56.6 cm³/mol. The van der Waals surface area contributed by atoms with Crippen molar-refractivity contribution in [1.29, 1.82) is 0 Å². The van der Waals surface area contributed by atoms with Gasteiger partial charge in [0.05, 0.1) is 0 Å². The molecule has 1 aliphatic rings. The average molecular weight is 232 g/mol. The van der Waals surface area contributed by atoms with Crippen LogP contribution in [0.4, 0.5) is 8.78 Å². The highest BCUT2D eigenvalue weighted by Gasteiger charge is 2.35. The van der Waals surface area contributed by atoms with Gasteiger partial charge in [-0.2, -0.15) is 0 Å². The van der Waals surface area contributed by atoms with Crippen LogP contribution < -0.4 is 0 Å². The Morgan fingerprint density at radius 2 is 2.07 bits per heavy atom. The highest BCUT2D eigenvalue weighted by molar-refractivity contribution is 7.10. The topological polar surface area (TPSA) is 20.2 Å². The third kappa shape index (κ3) is 2.06. The number of hydrogen-bond acceptors (Lipinski definition) is 2. The highest BCUT2D eigenvalue weighted by Crippen LogP contribution is 2.40. The van der Waals surface area contributed by atoms with Gasteiger partial charge >= 0.3 is 0 Å². The number of aryl methyl sites for hydroxylation is 1. The number of hydrogen-bond donors (Lipinski definition) is 1. The molecule has 1 N–H and O–H groups in total. The first-order valence-corrected chi connectivity index (χ1v) is 6.11. The van der Waals surface area contributed by atoms with E-state index in [1.165, 1.54) is 11.3 Å². The van der Waals surface area contributed by atoms with Gasteiger partial charge in [-0.15, -0.1) is 11.3 Å². The Bertz CT molecular complexity index is 346. The van der Waals surface area contributed by atoms with E-state index in [0.29, 0.717) is 0 Å². The van der Waals surface area contributed by atoms with E-state index >= 15 is 0 Å². The first kappa shape index (κ1) is 11.0. The van der Waals surface area contributed by atoms with E-state index in [4.69, 9.17) is 5.11 Å². The van der Waals surface area contributed by atoms with Crippen LogP contribution in [-0.4, -0.2) is 11.7 Å². The Balaban J connectivity index is 2.32. The molecular formula is C11H14F2OS. The number of aliphatic hydroxyl groups excluding tert-OH is 1. The largest absolute Gasteiger partial charge is 0.396 e. The van der Waals surface area contributed by atoms with E-state index < -0.39 is 19.0 Å². The standard InChI is InChI=1S/C11H14F2OS/c12-11(13,5-6-14)9-7-15-10-4-2-1-3-8(9)10/h7,14H,1-6H2. The molecule has 1 aliphatic carbocycles. The lowest BCUT2D eigenvalue weighted by molar-refractivity contribution is -0.0274. The number of thiophene rings is 1. The van der Waals surface area contributed by atoms with Gasteiger partial charge in [0.1, 0.15) is 0 Å². The molecule has 15 heavy (non-hydrogen) atoms. The summed E-state index contributed by atoms with van der Waals surface area (Å²) < 4.78 is 27.2. The summed E-state index contributed by atoms with van der Waals surface area (Å²) in [4.78, 5) is 1.12. The van der Waals surface area contributed by atoms with Crippen molar-refractivity contribution in [2.45, 2.75) is 38.0 Å². The van der Waals surface area contributed by atoms with Crippen LogP contribution in [0.2, 0.25) is 0 Å². The first-order chi connectivity index (χ1) is 7.15. The molecule has 1 aromatic rings. The summed E-state index contributed by atoms with van der Waals surface area (Å²) in [5.41, 5.74) is 1.01. The van der Waals surface area contributed by atoms with E-state index in [0.717, 1.165) is 36.1 Å². The Labute approximate surface area is 91.7 Å².